The minimum atomic E-state index is -0.330. The van der Waals surface area contributed by atoms with Crippen LogP contribution in [0.25, 0.3) is 16.8 Å². The predicted molar refractivity (Wildman–Crippen MR) is 58.7 cm³/mol. The summed E-state index contributed by atoms with van der Waals surface area (Å²) in [5.41, 5.74) is 0.916. The second-order valence-corrected chi connectivity index (χ2v) is 3.53. The van der Waals surface area contributed by atoms with Gasteiger partial charge in [0.25, 0.3) is 0 Å². The summed E-state index contributed by atoms with van der Waals surface area (Å²) < 4.78 is 26.7. The molecule has 0 fully saturated rings. The van der Waals surface area contributed by atoms with Crippen LogP contribution in [-0.2, 0) is 0 Å². The molecular weight excluding hydrogens is 194 g/mol. The number of fused-ring (bicyclic) bond motifs is 1. The number of rotatable bonds is 1. The molecule has 0 amide bonds. The van der Waals surface area contributed by atoms with E-state index in [9.17, 15) is 8.78 Å². The van der Waals surface area contributed by atoms with Crippen LogP contribution < -0.4 is 0 Å². The normalized spacial score (nSPS) is 10.6. The van der Waals surface area contributed by atoms with Gasteiger partial charge >= 0.3 is 0 Å². The van der Waals surface area contributed by atoms with Gasteiger partial charge in [0.2, 0.25) is 0 Å². The first-order valence-corrected chi connectivity index (χ1v) is 4.63. The van der Waals surface area contributed by atoms with Crippen LogP contribution in [-0.4, -0.2) is 0 Å². The molecule has 2 rings (SSSR count). The van der Waals surface area contributed by atoms with Crippen molar-refractivity contribution in [1.82, 2.24) is 0 Å². The van der Waals surface area contributed by atoms with Crippen molar-refractivity contribution < 1.29 is 8.78 Å². The minimum absolute atomic E-state index is 0.274. The number of halogens is 2. The van der Waals surface area contributed by atoms with Crippen LogP contribution in [0.2, 0.25) is 0 Å². The Kier molecular flexibility index (Phi) is 2.27. The average molecular weight is 204 g/mol. The Balaban J connectivity index is 2.82. The van der Waals surface area contributed by atoms with Crippen LogP contribution >= 0.6 is 0 Å². The SMILES string of the molecule is C=Cc1cc2cc(F)c(C)cc2cc1F. The first-order chi connectivity index (χ1) is 7.11. The van der Waals surface area contributed by atoms with Crippen LogP contribution in [0, 0.1) is 18.6 Å². The van der Waals surface area contributed by atoms with E-state index in [0.29, 0.717) is 21.9 Å². The molecule has 0 N–H and O–H groups in total. The zero-order valence-corrected chi connectivity index (χ0v) is 8.35. The largest absolute Gasteiger partial charge is 0.207 e. The molecule has 15 heavy (non-hydrogen) atoms. The van der Waals surface area contributed by atoms with Crippen molar-refractivity contribution in [2.24, 2.45) is 0 Å². The van der Waals surface area contributed by atoms with Gasteiger partial charge in [0, 0.05) is 5.56 Å². The monoisotopic (exact) mass is 204 g/mol. The molecule has 2 heteroatoms. The van der Waals surface area contributed by atoms with Crippen LogP contribution in [0.3, 0.4) is 0 Å². The second kappa shape index (κ2) is 3.46. The lowest BCUT2D eigenvalue weighted by Gasteiger charge is -2.04. The molecule has 0 atom stereocenters. The Morgan fingerprint density at radius 3 is 2.27 bits per heavy atom. The molecule has 0 bridgehead atoms. The van der Waals surface area contributed by atoms with E-state index in [1.807, 2.05) is 0 Å². The Morgan fingerprint density at radius 2 is 1.60 bits per heavy atom. The standard InChI is InChI=1S/C13H10F2/c1-3-9-5-11-6-12(14)8(2)4-10(11)7-13(9)15/h3-7H,1H2,2H3. The van der Waals surface area contributed by atoms with E-state index >= 15 is 0 Å². The lowest BCUT2D eigenvalue weighted by Crippen LogP contribution is -1.87. The first-order valence-electron chi connectivity index (χ1n) is 4.63. The van der Waals surface area contributed by atoms with Gasteiger partial charge in [0.15, 0.2) is 0 Å². The molecule has 0 heterocycles. The Morgan fingerprint density at radius 1 is 1.00 bits per heavy atom. The third-order valence-electron chi connectivity index (χ3n) is 2.45. The van der Waals surface area contributed by atoms with Crippen molar-refractivity contribution in [2.45, 2.75) is 6.92 Å². The van der Waals surface area contributed by atoms with E-state index in [1.54, 1.807) is 19.1 Å². The van der Waals surface area contributed by atoms with Crippen molar-refractivity contribution in [2.75, 3.05) is 0 Å². The van der Waals surface area contributed by atoms with Crippen molar-refractivity contribution >= 4 is 16.8 Å². The third-order valence-corrected chi connectivity index (χ3v) is 2.45. The maximum Gasteiger partial charge on any atom is 0.131 e. The molecule has 0 saturated carbocycles. The number of hydrogen-bond donors (Lipinski definition) is 0. The lowest BCUT2D eigenvalue weighted by atomic mass is 10.0. The van der Waals surface area contributed by atoms with Gasteiger partial charge in [0.1, 0.15) is 11.6 Å². The Labute approximate surface area is 86.8 Å². The van der Waals surface area contributed by atoms with Gasteiger partial charge in [-0.1, -0.05) is 12.7 Å². The fraction of sp³-hybridized carbons (Fsp3) is 0.0769. The van der Waals surface area contributed by atoms with E-state index in [2.05, 4.69) is 6.58 Å². The highest BCUT2D eigenvalue weighted by Gasteiger charge is 2.05. The highest BCUT2D eigenvalue weighted by Crippen LogP contribution is 2.23. The lowest BCUT2D eigenvalue weighted by molar-refractivity contribution is 0.618. The molecule has 76 valence electrons. The summed E-state index contributed by atoms with van der Waals surface area (Å²) in [5.74, 6) is -0.604. The molecule has 0 radical (unpaired) electrons. The fourth-order valence-corrected chi connectivity index (χ4v) is 1.58. The summed E-state index contributed by atoms with van der Waals surface area (Å²) in [6, 6.07) is 6.05. The summed E-state index contributed by atoms with van der Waals surface area (Å²) in [6.45, 7) is 5.17. The minimum Gasteiger partial charge on any atom is -0.207 e. The molecular formula is C13H10F2. The van der Waals surface area contributed by atoms with Gasteiger partial charge in [-0.15, -0.1) is 0 Å². The second-order valence-electron chi connectivity index (χ2n) is 3.53. The maximum atomic E-state index is 13.4. The van der Waals surface area contributed by atoms with Crippen molar-refractivity contribution in [1.29, 1.82) is 0 Å². The predicted octanol–water partition coefficient (Wildman–Crippen LogP) is 4.07. The molecule has 0 aliphatic carbocycles. The van der Waals surface area contributed by atoms with E-state index in [4.69, 9.17) is 0 Å². The molecule has 2 aromatic rings. The molecule has 0 unspecified atom stereocenters. The molecule has 0 aliphatic rings. The average Bonchev–Trinajstić information content (AvgIpc) is 2.20. The molecule has 0 saturated heterocycles. The van der Waals surface area contributed by atoms with Crippen LogP contribution in [0.4, 0.5) is 8.78 Å². The number of aryl methyl sites for hydroxylation is 1. The Hall–Kier alpha value is -1.70. The molecule has 0 aromatic heterocycles. The van der Waals surface area contributed by atoms with Gasteiger partial charge < -0.3 is 0 Å². The summed E-state index contributed by atoms with van der Waals surface area (Å²) >= 11 is 0. The number of benzene rings is 2. The van der Waals surface area contributed by atoms with Crippen LogP contribution in [0.1, 0.15) is 11.1 Å². The fourth-order valence-electron chi connectivity index (χ4n) is 1.58. The van der Waals surface area contributed by atoms with Crippen LogP contribution in [0.15, 0.2) is 30.8 Å². The quantitative estimate of drug-likeness (QED) is 0.656. The smallest absolute Gasteiger partial charge is 0.131 e. The highest BCUT2D eigenvalue weighted by molar-refractivity contribution is 5.85. The van der Waals surface area contributed by atoms with Crippen molar-refractivity contribution in [3.63, 3.8) is 0 Å². The maximum absolute atomic E-state index is 13.4. The van der Waals surface area contributed by atoms with E-state index in [-0.39, 0.29) is 11.6 Å². The topological polar surface area (TPSA) is 0 Å². The zero-order chi connectivity index (χ0) is 11.0. The number of hydrogen-bond acceptors (Lipinski definition) is 0. The summed E-state index contributed by atoms with van der Waals surface area (Å²) in [6.07, 6.45) is 1.42. The molecule has 0 spiro atoms. The van der Waals surface area contributed by atoms with Gasteiger partial charge in [0.05, 0.1) is 0 Å². The molecule has 0 aliphatic heterocycles. The summed E-state index contributed by atoms with van der Waals surface area (Å²) in [5, 5.41) is 1.39. The van der Waals surface area contributed by atoms with Gasteiger partial charge in [-0.25, -0.2) is 8.78 Å². The van der Waals surface area contributed by atoms with E-state index in [1.165, 1.54) is 18.2 Å². The summed E-state index contributed by atoms with van der Waals surface area (Å²) in [7, 11) is 0. The van der Waals surface area contributed by atoms with Crippen LogP contribution in [0.5, 0.6) is 0 Å². The molecule has 2 aromatic carbocycles. The molecule has 0 nitrogen and oxygen atoms in total. The third kappa shape index (κ3) is 1.63. The Bertz CT molecular complexity index is 542. The van der Waals surface area contributed by atoms with Gasteiger partial charge in [-0.05, 0) is 47.5 Å². The van der Waals surface area contributed by atoms with Gasteiger partial charge in [-0.2, -0.15) is 0 Å². The highest BCUT2D eigenvalue weighted by atomic mass is 19.1. The summed E-state index contributed by atoms with van der Waals surface area (Å²) in [4.78, 5) is 0. The van der Waals surface area contributed by atoms with Gasteiger partial charge in [-0.3, -0.25) is 0 Å². The van der Waals surface area contributed by atoms with E-state index in [0.717, 1.165) is 0 Å². The van der Waals surface area contributed by atoms with Crippen molar-refractivity contribution in [3.05, 3.63) is 53.6 Å². The van der Waals surface area contributed by atoms with Crippen molar-refractivity contribution in [3.8, 4) is 0 Å². The first kappa shape index (κ1) is 9.84. The zero-order valence-electron chi connectivity index (χ0n) is 8.35. The van der Waals surface area contributed by atoms with E-state index < -0.39 is 0 Å².